The molecule has 0 saturated heterocycles. The Bertz CT molecular complexity index is 776. The van der Waals surface area contributed by atoms with Gasteiger partial charge in [0.1, 0.15) is 0 Å². The normalized spacial score (nSPS) is 19.2. The van der Waals surface area contributed by atoms with Crippen molar-refractivity contribution in [2.75, 3.05) is 16.8 Å². The molecule has 0 spiro atoms. The van der Waals surface area contributed by atoms with Crippen LogP contribution in [-0.2, 0) is 11.2 Å². The maximum absolute atomic E-state index is 12.2. The van der Waals surface area contributed by atoms with Crippen LogP contribution in [0.3, 0.4) is 0 Å². The Hall–Kier alpha value is -2.04. The molecule has 2 aromatic carbocycles. The van der Waals surface area contributed by atoms with E-state index in [1.54, 1.807) is 6.92 Å². The zero-order valence-electron chi connectivity index (χ0n) is 15.2. The fourth-order valence-corrected chi connectivity index (χ4v) is 3.84. The van der Waals surface area contributed by atoms with Crippen molar-refractivity contribution in [2.24, 2.45) is 0 Å². The van der Waals surface area contributed by atoms with Crippen LogP contribution >= 0.6 is 11.6 Å². The molecule has 1 aliphatic rings. The Balaban J connectivity index is 1.96. The van der Waals surface area contributed by atoms with Gasteiger partial charge in [-0.25, -0.2) is 0 Å². The van der Waals surface area contributed by atoms with E-state index in [4.69, 9.17) is 16.7 Å². The number of aliphatic hydroxyl groups is 1. The van der Waals surface area contributed by atoms with Gasteiger partial charge in [0.2, 0.25) is 5.91 Å². The Morgan fingerprint density at radius 1 is 1.27 bits per heavy atom. The van der Waals surface area contributed by atoms with Crippen LogP contribution in [0.2, 0.25) is 5.02 Å². The lowest BCUT2D eigenvalue weighted by Gasteiger charge is -2.39. The van der Waals surface area contributed by atoms with Crippen LogP contribution in [-0.4, -0.2) is 23.7 Å². The Morgan fingerprint density at radius 3 is 2.65 bits per heavy atom. The number of hydrogen-bond donors (Lipinski definition) is 2. The van der Waals surface area contributed by atoms with Gasteiger partial charge in [-0.2, -0.15) is 0 Å². The largest absolute Gasteiger partial charge is 0.396 e. The number of amides is 1. The van der Waals surface area contributed by atoms with Crippen LogP contribution in [0.1, 0.15) is 43.9 Å². The third-order valence-electron chi connectivity index (χ3n) is 4.89. The molecule has 0 fully saturated rings. The van der Waals surface area contributed by atoms with E-state index in [-0.39, 0.29) is 24.6 Å². The summed E-state index contributed by atoms with van der Waals surface area (Å²) in [5, 5.41) is 13.4. The predicted molar refractivity (Wildman–Crippen MR) is 107 cm³/mol. The van der Waals surface area contributed by atoms with Crippen molar-refractivity contribution in [1.82, 2.24) is 0 Å². The summed E-state index contributed by atoms with van der Waals surface area (Å²) in [7, 11) is 0. The van der Waals surface area contributed by atoms with Crippen molar-refractivity contribution in [3.05, 3.63) is 58.6 Å². The van der Waals surface area contributed by atoms with Gasteiger partial charge in [-0.15, -0.1) is 0 Å². The van der Waals surface area contributed by atoms with Crippen LogP contribution in [0.25, 0.3) is 0 Å². The van der Waals surface area contributed by atoms with Gasteiger partial charge in [-0.05, 0) is 67.6 Å². The second kappa shape index (κ2) is 8.11. The summed E-state index contributed by atoms with van der Waals surface area (Å²) >= 11 is 5.99. The van der Waals surface area contributed by atoms with Crippen LogP contribution in [0.5, 0.6) is 0 Å². The van der Waals surface area contributed by atoms with Crippen LogP contribution in [0.15, 0.2) is 42.5 Å². The molecule has 2 N–H and O–H groups in total. The number of carbonyl (C=O) groups is 1. The fraction of sp³-hybridized carbons (Fsp3) is 0.381. The lowest BCUT2D eigenvalue weighted by molar-refractivity contribution is -0.117. The highest BCUT2D eigenvalue weighted by molar-refractivity contribution is 6.30. The third kappa shape index (κ3) is 4.02. The number of aliphatic hydroxyl groups excluding tert-OH is 1. The number of anilines is 2. The number of hydrogen-bond acceptors (Lipinski definition) is 3. The average Bonchev–Trinajstić information content (AvgIpc) is 2.61. The van der Waals surface area contributed by atoms with E-state index in [9.17, 15) is 4.79 Å². The number of benzene rings is 2. The Morgan fingerprint density at radius 2 is 2.00 bits per heavy atom. The summed E-state index contributed by atoms with van der Waals surface area (Å²) in [5.41, 5.74) is 4.28. The minimum atomic E-state index is 0.0619. The van der Waals surface area contributed by atoms with E-state index in [2.05, 4.69) is 24.4 Å². The number of aryl methyl sites for hydroxylation is 1. The molecule has 1 heterocycles. The lowest BCUT2D eigenvalue weighted by atomic mass is 9.89. The molecule has 26 heavy (non-hydrogen) atoms. The van der Waals surface area contributed by atoms with Crippen molar-refractivity contribution < 1.29 is 9.90 Å². The lowest BCUT2D eigenvalue weighted by Crippen LogP contribution is -2.43. The molecular formula is C21H25ClN2O2. The number of nitrogens with one attached hydrogen (secondary N) is 1. The molecule has 2 aromatic rings. The molecule has 3 rings (SSSR count). The SMILES string of the molecule is CC(=O)N1c2ccc(CCCO)cc2C(Nc2ccc(Cl)cc2)CC1C. The minimum absolute atomic E-state index is 0.0619. The van der Waals surface area contributed by atoms with Crippen molar-refractivity contribution in [3.63, 3.8) is 0 Å². The van der Waals surface area contributed by atoms with E-state index in [1.807, 2.05) is 35.2 Å². The molecule has 5 heteroatoms. The monoisotopic (exact) mass is 372 g/mol. The Kier molecular flexibility index (Phi) is 5.84. The minimum Gasteiger partial charge on any atom is -0.396 e. The van der Waals surface area contributed by atoms with Crippen LogP contribution in [0, 0.1) is 0 Å². The summed E-state index contributed by atoms with van der Waals surface area (Å²) in [4.78, 5) is 14.1. The third-order valence-corrected chi connectivity index (χ3v) is 5.14. The summed E-state index contributed by atoms with van der Waals surface area (Å²) in [5.74, 6) is 0.0619. The summed E-state index contributed by atoms with van der Waals surface area (Å²) < 4.78 is 0. The second-order valence-electron chi connectivity index (χ2n) is 6.90. The molecule has 0 bridgehead atoms. The maximum atomic E-state index is 12.2. The summed E-state index contributed by atoms with van der Waals surface area (Å²) in [6.45, 7) is 3.88. The molecule has 2 unspecified atom stereocenters. The van der Waals surface area contributed by atoms with E-state index >= 15 is 0 Å². The van der Waals surface area contributed by atoms with E-state index in [0.717, 1.165) is 36.2 Å². The average molecular weight is 373 g/mol. The quantitative estimate of drug-likeness (QED) is 0.808. The fourth-order valence-electron chi connectivity index (χ4n) is 3.72. The first-order chi connectivity index (χ1) is 12.5. The van der Waals surface area contributed by atoms with E-state index in [1.165, 1.54) is 5.56 Å². The zero-order chi connectivity index (χ0) is 18.7. The van der Waals surface area contributed by atoms with Gasteiger partial charge in [-0.1, -0.05) is 23.7 Å². The van der Waals surface area contributed by atoms with Gasteiger partial charge < -0.3 is 15.3 Å². The predicted octanol–water partition coefficient (Wildman–Crippen LogP) is 4.56. The highest BCUT2D eigenvalue weighted by Gasteiger charge is 2.32. The summed E-state index contributed by atoms with van der Waals surface area (Å²) in [6, 6.07) is 14.2. The van der Waals surface area contributed by atoms with E-state index in [0.29, 0.717) is 5.02 Å². The standard InChI is InChI=1S/C21H25ClN2O2/c1-14-12-20(23-18-8-6-17(22)7-9-18)19-13-16(4-3-11-25)5-10-21(19)24(14)15(2)26/h5-10,13-14,20,23,25H,3-4,11-12H2,1-2H3. The van der Waals surface area contributed by atoms with Gasteiger partial charge >= 0.3 is 0 Å². The van der Waals surface area contributed by atoms with Gasteiger partial charge in [0.05, 0.1) is 6.04 Å². The first-order valence-corrected chi connectivity index (χ1v) is 9.43. The molecule has 1 aliphatic heterocycles. The molecule has 138 valence electrons. The number of halogens is 1. The topological polar surface area (TPSA) is 52.6 Å². The zero-order valence-corrected chi connectivity index (χ0v) is 16.0. The van der Waals surface area contributed by atoms with Gasteiger partial charge in [-0.3, -0.25) is 4.79 Å². The Labute approximate surface area is 159 Å². The highest BCUT2D eigenvalue weighted by Crippen LogP contribution is 2.39. The van der Waals surface area contributed by atoms with Crippen LogP contribution < -0.4 is 10.2 Å². The van der Waals surface area contributed by atoms with Crippen LogP contribution in [0.4, 0.5) is 11.4 Å². The molecule has 4 nitrogen and oxygen atoms in total. The smallest absolute Gasteiger partial charge is 0.224 e. The second-order valence-corrected chi connectivity index (χ2v) is 7.33. The molecule has 2 atom stereocenters. The molecule has 0 aromatic heterocycles. The number of nitrogens with zero attached hydrogens (tertiary/aromatic N) is 1. The van der Waals surface area contributed by atoms with Crippen molar-refractivity contribution in [2.45, 2.75) is 45.2 Å². The number of fused-ring (bicyclic) bond motifs is 1. The number of carbonyl (C=O) groups excluding carboxylic acids is 1. The summed E-state index contributed by atoms with van der Waals surface area (Å²) in [6.07, 6.45) is 2.40. The molecule has 0 aliphatic carbocycles. The molecule has 0 radical (unpaired) electrons. The van der Waals surface area contributed by atoms with Crippen molar-refractivity contribution in [1.29, 1.82) is 0 Å². The van der Waals surface area contributed by atoms with Gasteiger partial charge in [0, 0.05) is 36.0 Å². The van der Waals surface area contributed by atoms with Crippen molar-refractivity contribution >= 4 is 28.9 Å². The maximum Gasteiger partial charge on any atom is 0.224 e. The first-order valence-electron chi connectivity index (χ1n) is 9.05. The molecule has 0 saturated carbocycles. The van der Waals surface area contributed by atoms with Crippen molar-refractivity contribution in [3.8, 4) is 0 Å². The molecule has 1 amide bonds. The first kappa shape index (κ1) is 18.7. The highest BCUT2D eigenvalue weighted by atomic mass is 35.5. The van der Waals surface area contributed by atoms with E-state index < -0.39 is 0 Å². The number of rotatable bonds is 5. The molecular weight excluding hydrogens is 348 g/mol. The van der Waals surface area contributed by atoms with Gasteiger partial charge in [0.25, 0.3) is 0 Å². The van der Waals surface area contributed by atoms with Gasteiger partial charge in [0.15, 0.2) is 0 Å².